The smallest absolute Gasteiger partial charge is 0.258 e. The van der Waals surface area contributed by atoms with E-state index in [1.54, 1.807) is 6.07 Å². The number of nitro groups is 1. The van der Waals surface area contributed by atoms with E-state index in [1.807, 2.05) is 48.6 Å². The van der Waals surface area contributed by atoms with Gasteiger partial charge in [0.25, 0.3) is 5.69 Å². The molecule has 64 heavy (non-hydrogen) atoms. The topological polar surface area (TPSA) is 66.9 Å². The van der Waals surface area contributed by atoms with E-state index in [-0.39, 0.29) is 24.0 Å². The summed E-state index contributed by atoms with van der Waals surface area (Å²) in [5, 5.41) is 20.7. The number of rotatable bonds is 9. The maximum atomic E-state index is 10.9. The first-order chi connectivity index (χ1) is 30.4. The van der Waals surface area contributed by atoms with Crippen molar-refractivity contribution in [2.24, 2.45) is 23.7 Å². The van der Waals surface area contributed by atoms with Crippen molar-refractivity contribution >= 4 is 41.6 Å². The number of allylic oxidation sites excluding steroid dienone is 4. The van der Waals surface area contributed by atoms with Crippen LogP contribution in [0.15, 0.2) is 97.1 Å². The van der Waals surface area contributed by atoms with E-state index in [0.717, 1.165) is 52.1 Å². The predicted octanol–water partition coefficient (Wildman–Crippen LogP) is 15.2. The van der Waals surface area contributed by atoms with Gasteiger partial charge in [-0.3, -0.25) is 10.1 Å². The number of nitrogens with zero attached hydrogens (tertiary/aromatic N) is 2. The number of terminal acetylenes is 4. The van der Waals surface area contributed by atoms with Gasteiger partial charge in [-0.1, -0.05) is 150 Å². The Bertz CT molecular complexity index is 2560. The number of benzene rings is 4. The van der Waals surface area contributed by atoms with E-state index in [1.165, 1.54) is 33.9 Å². The van der Waals surface area contributed by atoms with E-state index in [4.69, 9.17) is 42.6 Å². The molecule has 4 aromatic carbocycles. The average molecular weight is 864 g/mol. The normalized spacial score (nSPS) is 18.8. The number of hydrogen-bond acceptors (Lipinski definition) is 3. The van der Waals surface area contributed by atoms with Crippen molar-refractivity contribution in [3.8, 4) is 55.4 Å². The first-order valence-corrected chi connectivity index (χ1v) is 21.9. The highest BCUT2D eigenvalue weighted by Gasteiger charge is 2.28. The highest BCUT2D eigenvalue weighted by molar-refractivity contribution is 6.32. The van der Waals surface area contributed by atoms with Crippen molar-refractivity contribution in [1.29, 1.82) is 5.26 Å². The second-order valence-electron chi connectivity index (χ2n) is 16.9. The maximum absolute atomic E-state index is 10.9. The van der Waals surface area contributed by atoms with Crippen LogP contribution < -0.4 is 0 Å². The third kappa shape index (κ3) is 11.4. The van der Waals surface area contributed by atoms with Crippen LogP contribution in [0.25, 0.3) is 24.3 Å². The Morgan fingerprint density at radius 3 is 1.39 bits per heavy atom. The molecule has 0 N–H and O–H groups in total. The van der Waals surface area contributed by atoms with Crippen molar-refractivity contribution < 1.29 is 4.92 Å². The van der Waals surface area contributed by atoms with Gasteiger partial charge in [0.05, 0.1) is 22.1 Å². The van der Waals surface area contributed by atoms with Crippen molar-refractivity contribution in [2.45, 2.75) is 91.4 Å². The van der Waals surface area contributed by atoms with Crippen molar-refractivity contribution in [3.63, 3.8) is 0 Å². The van der Waals surface area contributed by atoms with E-state index < -0.39 is 0 Å². The minimum absolute atomic E-state index is 0. The minimum Gasteiger partial charge on any atom is -0.258 e. The van der Waals surface area contributed by atoms with Crippen LogP contribution in [0, 0.1) is 101 Å². The molecule has 0 radical (unpaired) electrons. The summed E-state index contributed by atoms with van der Waals surface area (Å²) in [6, 6.07) is 25.9. The summed E-state index contributed by atoms with van der Waals surface area (Å²) < 4.78 is 0. The lowest BCUT2D eigenvalue weighted by molar-refractivity contribution is -0.385. The monoisotopic (exact) mass is 862 g/mol. The molecule has 0 heterocycles. The predicted molar refractivity (Wildman–Crippen MR) is 271 cm³/mol. The van der Waals surface area contributed by atoms with Gasteiger partial charge in [-0.05, 0) is 87.2 Å². The van der Waals surface area contributed by atoms with Gasteiger partial charge in [-0.15, -0.1) is 49.4 Å². The number of nitriles is 1. The highest BCUT2D eigenvalue weighted by atomic mass is 35.5. The Morgan fingerprint density at radius 2 is 0.938 bits per heavy atom. The first kappa shape index (κ1) is 49.9. The number of aryl methyl sites for hydroxylation is 1. The molecule has 5 heteroatoms. The van der Waals surface area contributed by atoms with Gasteiger partial charge < -0.3 is 0 Å². The molecule has 4 nitrogen and oxygen atoms in total. The molecule has 0 saturated carbocycles. The Hall–Kier alpha value is -6.74. The summed E-state index contributed by atoms with van der Waals surface area (Å²) in [4.78, 5) is 10.6. The third-order valence-corrected chi connectivity index (χ3v) is 12.9. The molecule has 0 fully saturated rings. The van der Waals surface area contributed by atoms with Crippen LogP contribution in [-0.2, 0) is 0 Å². The molecule has 324 valence electrons. The standard InChI is InChI=1S/C15H13N.C15H16.C14H13Cl.C14H13NO2.CH4/c1-3-5-11(2)13-8-9-14-12(10-16)6-4-7-15(13)14;1-4-6-11(2)13-9-10-14-12(3)7-5-8-15(13)14;1-3-5-10(2)11-8-9-13-12(11)6-4-7-14(13)15;1-3-5-10(2)11-8-9-13-12(11)6-4-7-14(13)15(16)17;/h1,4,6-9,11,13H,5H2,2H3;1,5,7-11,13H,6H2,2-3H3;1,4,6-11H,5H2,2H3;1,4,6-11H,5H2,2H3;1H4. The zero-order valence-electron chi connectivity index (χ0n) is 36.9. The molecule has 4 aliphatic carbocycles. The summed E-state index contributed by atoms with van der Waals surface area (Å²) in [5.41, 5.74) is 11.6. The van der Waals surface area contributed by atoms with Crippen LogP contribution in [0.2, 0.25) is 5.02 Å². The molecule has 8 atom stereocenters. The van der Waals surface area contributed by atoms with Gasteiger partial charge in [0.15, 0.2) is 0 Å². The molecule has 0 aliphatic heterocycles. The number of fused-ring (bicyclic) bond motifs is 4. The van der Waals surface area contributed by atoms with Crippen LogP contribution in [-0.4, -0.2) is 4.92 Å². The molecule has 8 unspecified atom stereocenters. The number of nitro benzene ring substituents is 1. The van der Waals surface area contributed by atoms with E-state index >= 15 is 0 Å². The fourth-order valence-electron chi connectivity index (χ4n) is 9.05. The van der Waals surface area contributed by atoms with Crippen LogP contribution in [0.3, 0.4) is 0 Å². The fraction of sp³-hybridized carbons (Fsp3) is 0.305. The lowest BCUT2D eigenvalue weighted by Gasteiger charge is -2.17. The molecule has 0 spiro atoms. The van der Waals surface area contributed by atoms with Crippen LogP contribution in [0.1, 0.15) is 140 Å². The third-order valence-electron chi connectivity index (χ3n) is 12.5. The quantitative estimate of drug-likeness (QED) is 0.0956. The second-order valence-corrected chi connectivity index (χ2v) is 17.3. The summed E-state index contributed by atoms with van der Waals surface area (Å²) in [5.74, 6) is 14.1. The van der Waals surface area contributed by atoms with Gasteiger partial charge in [0.1, 0.15) is 0 Å². The number of halogens is 1. The Morgan fingerprint density at radius 1 is 0.578 bits per heavy atom. The molecular formula is C59H59ClN2O2. The van der Waals surface area contributed by atoms with E-state index in [2.05, 4.69) is 125 Å². The fourth-order valence-corrected chi connectivity index (χ4v) is 9.30. The molecule has 0 amide bonds. The minimum atomic E-state index is -0.336. The average Bonchev–Trinajstić information content (AvgIpc) is 4.10. The van der Waals surface area contributed by atoms with Gasteiger partial charge >= 0.3 is 0 Å². The largest absolute Gasteiger partial charge is 0.276 e. The van der Waals surface area contributed by atoms with Crippen molar-refractivity contribution in [2.75, 3.05) is 0 Å². The summed E-state index contributed by atoms with van der Waals surface area (Å²) in [7, 11) is 0. The van der Waals surface area contributed by atoms with Crippen molar-refractivity contribution in [1.82, 2.24) is 0 Å². The molecule has 0 aromatic heterocycles. The van der Waals surface area contributed by atoms with Gasteiger partial charge in [-0.25, -0.2) is 0 Å². The van der Waals surface area contributed by atoms with Crippen LogP contribution >= 0.6 is 11.6 Å². The van der Waals surface area contributed by atoms with Gasteiger partial charge in [0.2, 0.25) is 0 Å². The molecule has 4 aliphatic rings. The zero-order valence-corrected chi connectivity index (χ0v) is 37.6. The molecule has 4 aromatic rings. The van der Waals surface area contributed by atoms with E-state index in [9.17, 15) is 10.1 Å². The lowest BCUT2D eigenvalue weighted by Crippen LogP contribution is -2.06. The zero-order chi connectivity index (χ0) is 45.6. The summed E-state index contributed by atoms with van der Waals surface area (Å²) in [6.45, 7) is 10.8. The number of hydrogen-bond donors (Lipinski definition) is 0. The molecule has 0 bridgehead atoms. The van der Waals surface area contributed by atoms with Gasteiger partial charge in [0, 0.05) is 60.4 Å². The summed E-state index contributed by atoms with van der Waals surface area (Å²) in [6.07, 6.45) is 41.4. The SMILES string of the molecule is C.C#CCC(C)C1C=Cc2c(C#N)cccc21.C#CCC(C)C1C=Cc2c(C)cccc21.C#CCC(C)C1C=Cc2c(Cl)cccc21.C#CCC(C)C1C=Cc2c1cccc2[N+](=O)[O-]. The Balaban J connectivity index is 0.000000186. The lowest BCUT2D eigenvalue weighted by atomic mass is 9.86. The molecule has 0 saturated heterocycles. The Kier molecular flexibility index (Phi) is 18.4. The van der Waals surface area contributed by atoms with E-state index in [0.29, 0.717) is 47.8 Å². The van der Waals surface area contributed by atoms with Crippen LogP contribution in [0.4, 0.5) is 5.69 Å². The Labute approximate surface area is 388 Å². The maximum Gasteiger partial charge on any atom is 0.276 e. The van der Waals surface area contributed by atoms with Gasteiger partial charge in [-0.2, -0.15) is 5.26 Å². The second kappa shape index (κ2) is 23.6. The highest BCUT2D eigenvalue weighted by Crippen LogP contribution is 2.42. The molecular weight excluding hydrogens is 804 g/mol. The van der Waals surface area contributed by atoms with Crippen LogP contribution in [0.5, 0.6) is 0 Å². The molecule has 8 rings (SSSR count). The van der Waals surface area contributed by atoms with Crippen molar-refractivity contribution in [3.05, 3.63) is 168 Å². The summed E-state index contributed by atoms with van der Waals surface area (Å²) >= 11 is 6.13. The first-order valence-electron chi connectivity index (χ1n) is 21.5.